The molecular formula is C35H34F2N6O5. The van der Waals surface area contributed by atoms with Gasteiger partial charge in [0.2, 0.25) is 0 Å². The number of nitro groups is 1. The third-order valence-electron chi connectivity index (χ3n) is 10.2. The standard InChI is InChI=1S/C35H34F2N6O5/c1-2-22-23-6-8-28(44)29(24(23)5-7-26(22)36)30-27(43(45)46)15-25-32(31(30)37)39-34(40-33(25)42-16-20-3-4-21(17-42)38-20)48-19-35(9-10-35)18-41-11-13-47-14-12-41/h1,5-8,15,20-21,38,44H,3-4,9-14,16-19H2/t20-,21+. The normalized spacial score (nSPS) is 21.8. The summed E-state index contributed by atoms with van der Waals surface area (Å²) in [5.41, 5.74) is -1.59. The number of nitrogens with zero attached hydrogens (tertiary/aromatic N) is 5. The summed E-state index contributed by atoms with van der Waals surface area (Å²) in [6.07, 6.45) is 9.52. The number of aromatic hydroxyl groups is 1. The van der Waals surface area contributed by atoms with Gasteiger partial charge in [-0.3, -0.25) is 15.0 Å². The smallest absolute Gasteiger partial charge is 0.319 e. The molecular weight excluding hydrogens is 622 g/mol. The quantitative estimate of drug-likeness (QED) is 0.156. The van der Waals surface area contributed by atoms with Gasteiger partial charge in [0.25, 0.3) is 5.69 Å². The Morgan fingerprint density at radius 1 is 1.08 bits per heavy atom. The number of terminal acetylenes is 1. The Hall–Kier alpha value is -4.64. The highest BCUT2D eigenvalue weighted by molar-refractivity contribution is 6.07. The van der Waals surface area contributed by atoms with Crippen molar-refractivity contribution >= 4 is 33.2 Å². The van der Waals surface area contributed by atoms with Gasteiger partial charge >= 0.3 is 6.01 Å². The van der Waals surface area contributed by atoms with Gasteiger partial charge in [0.1, 0.15) is 28.5 Å². The van der Waals surface area contributed by atoms with E-state index in [-0.39, 0.29) is 56.3 Å². The van der Waals surface area contributed by atoms with Crippen LogP contribution < -0.4 is 15.0 Å². The second kappa shape index (κ2) is 11.8. The van der Waals surface area contributed by atoms with Crippen molar-refractivity contribution in [2.75, 3.05) is 57.4 Å². The zero-order valence-corrected chi connectivity index (χ0v) is 26.2. The molecule has 4 aromatic rings. The van der Waals surface area contributed by atoms with Crippen LogP contribution in [0.3, 0.4) is 0 Å². The van der Waals surface area contributed by atoms with Crippen LogP contribution in [-0.4, -0.2) is 89.5 Å². The molecule has 2 N–H and O–H groups in total. The van der Waals surface area contributed by atoms with Gasteiger partial charge in [0.15, 0.2) is 5.82 Å². The molecule has 0 unspecified atom stereocenters. The van der Waals surface area contributed by atoms with Crippen LogP contribution in [-0.2, 0) is 4.74 Å². The molecule has 1 aromatic heterocycles. The van der Waals surface area contributed by atoms with Crippen molar-refractivity contribution in [3.05, 3.63) is 57.6 Å². The molecule has 0 amide bonds. The van der Waals surface area contributed by atoms with Crippen molar-refractivity contribution in [3.63, 3.8) is 0 Å². The molecule has 3 aromatic carbocycles. The molecule has 248 valence electrons. The first kappa shape index (κ1) is 30.7. The Morgan fingerprint density at radius 3 is 2.50 bits per heavy atom. The predicted molar refractivity (Wildman–Crippen MR) is 175 cm³/mol. The molecule has 11 nitrogen and oxygen atoms in total. The maximum absolute atomic E-state index is 17.1. The van der Waals surface area contributed by atoms with Gasteiger partial charge in [-0.15, -0.1) is 6.42 Å². The van der Waals surface area contributed by atoms with E-state index in [9.17, 15) is 19.6 Å². The van der Waals surface area contributed by atoms with Gasteiger partial charge in [0.05, 0.1) is 35.7 Å². The molecule has 2 atom stereocenters. The number of hydrogen-bond donors (Lipinski definition) is 2. The van der Waals surface area contributed by atoms with Crippen molar-refractivity contribution in [2.24, 2.45) is 5.41 Å². The molecule has 0 radical (unpaired) electrons. The Kier molecular flexibility index (Phi) is 7.54. The van der Waals surface area contributed by atoms with Crippen LogP contribution in [0.1, 0.15) is 31.2 Å². The number of halogens is 2. The van der Waals surface area contributed by atoms with Crippen LogP contribution in [0, 0.1) is 39.5 Å². The molecule has 2 bridgehead atoms. The predicted octanol–water partition coefficient (Wildman–Crippen LogP) is 4.76. The zero-order valence-electron chi connectivity index (χ0n) is 26.2. The van der Waals surface area contributed by atoms with E-state index in [0.717, 1.165) is 51.4 Å². The van der Waals surface area contributed by atoms with Crippen LogP contribution in [0.4, 0.5) is 20.3 Å². The number of aromatic nitrogens is 2. The van der Waals surface area contributed by atoms with Gasteiger partial charge in [-0.1, -0.05) is 12.0 Å². The molecule has 1 saturated carbocycles. The molecule has 4 heterocycles. The summed E-state index contributed by atoms with van der Waals surface area (Å²) >= 11 is 0. The molecule has 4 fully saturated rings. The number of morpholine rings is 1. The molecule has 4 aliphatic rings. The number of nitrogens with one attached hydrogen (secondary N) is 1. The largest absolute Gasteiger partial charge is 0.507 e. The fraction of sp³-hybridized carbons (Fsp3) is 0.429. The minimum atomic E-state index is -1.02. The lowest BCUT2D eigenvalue weighted by molar-refractivity contribution is -0.384. The van der Waals surface area contributed by atoms with Gasteiger partial charge in [-0.2, -0.15) is 9.97 Å². The Balaban J connectivity index is 1.28. The second-order valence-electron chi connectivity index (χ2n) is 13.4. The maximum Gasteiger partial charge on any atom is 0.319 e. The fourth-order valence-corrected chi connectivity index (χ4v) is 7.59. The van der Waals surface area contributed by atoms with E-state index < -0.39 is 33.6 Å². The average molecular weight is 657 g/mol. The number of hydrogen-bond acceptors (Lipinski definition) is 10. The number of phenolic OH excluding ortho intramolecular Hbond substituents is 1. The molecule has 8 rings (SSSR count). The third kappa shape index (κ3) is 5.34. The molecule has 3 saturated heterocycles. The van der Waals surface area contributed by atoms with E-state index in [1.54, 1.807) is 0 Å². The van der Waals surface area contributed by atoms with E-state index >= 15 is 4.39 Å². The van der Waals surface area contributed by atoms with Gasteiger partial charge in [-0.25, -0.2) is 8.78 Å². The SMILES string of the molecule is C#Cc1c(F)ccc2c(-c3c([N+](=O)[O-])cc4c(N5C[C@H]6CC[C@@H](C5)N6)nc(OCC5(CN6CCOCC6)CC5)nc4c3F)c(O)ccc12. The molecule has 13 heteroatoms. The van der Waals surface area contributed by atoms with Gasteiger partial charge in [-0.05, 0) is 49.3 Å². The third-order valence-corrected chi connectivity index (χ3v) is 10.2. The Bertz CT molecular complexity index is 2000. The van der Waals surface area contributed by atoms with Crippen molar-refractivity contribution in [1.29, 1.82) is 0 Å². The van der Waals surface area contributed by atoms with Crippen molar-refractivity contribution in [3.8, 4) is 35.2 Å². The lowest BCUT2D eigenvalue weighted by Crippen LogP contribution is -2.51. The van der Waals surface area contributed by atoms with Crippen molar-refractivity contribution in [1.82, 2.24) is 20.2 Å². The highest BCUT2D eigenvalue weighted by atomic mass is 19.1. The summed E-state index contributed by atoms with van der Waals surface area (Å²) in [6.45, 7) is 5.46. The van der Waals surface area contributed by atoms with Crippen LogP contribution in [0.25, 0.3) is 32.8 Å². The van der Waals surface area contributed by atoms with Gasteiger partial charge < -0.3 is 24.8 Å². The molecule has 48 heavy (non-hydrogen) atoms. The maximum atomic E-state index is 17.1. The lowest BCUT2D eigenvalue weighted by atomic mass is 9.92. The summed E-state index contributed by atoms with van der Waals surface area (Å²) in [4.78, 5) is 25.6. The number of piperazine rings is 1. The van der Waals surface area contributed by atoms with Crippen molar-refractivity contribution in [2.45, 2.75) is 37.8 Å². The lowest BCUT2D eigenvalue weighted by Gasteiger charge is -2.34. The first-order valence-electron chi connectivity index (χ1n) is 16.3. The van der Waals surface area contributed by atoms with Crippen LogP contribution >= 0.6 is 0 Å². The number of anilines is 1. The van der Waals surface area contributed by atoms with E-state index in [2.05, 4.69) is 21.1 Å². The summed E-state index contributed by atoms with van der Waals surface area (Å²) in [7, 11) is 0. The number of phenols is 1. The number of benzene rings is 3. The summed E-state index contributed by atoms with van der Waals surface area (Å²) in [5, 5.41) is 27.8. The minimum absolute atomic E-state index is 0.0193. The average Bonchev–Trinajstić information content (AvgIpc) is 3.77. The zero-order chi connectivity index (χ0) is 33.2. The Morgan fingerprint density at radius 2 is 1.81 bits per heavy atom. The van der Waals surface area contributed by atoms with E-state index in [1.807, 2.05) is 4.90 Å². The first-order valence-corrected chi connectivity index (χ1v) is 16.3. The summed E-state index contributed by atoms with van der Waals surface area (Å²) < 4.78 is 43.5. The number of nitro benzene ring substituents is 1. The number of fused-ring (bicyclic) bond motifs is 4. The summed E-state index contributed by atoms with van der Waals surface area (Å²) in [6, 6.07) is 6.72. The fourth-order valence-electron chi connectivity index (χ4n) is 7.59. The minimum Gasteiger partial charge on any atom is -0.507 e. The van der Waals surface area contributed by atoms with Gasteiger partial charge in [0, 0.05) is 67.2 Å². The van der Waals surface area contributed by atoms with Crippen molar-refractivity contribution < 1.29 is 28.3 Å². The van der Waals surface area contributed by atoms with E-state index in [0.29, 0.717) is 38.7 Å². The van der Waals surface area contributed by atoms with E-state index in [1.165, 1.54) is 24.3 Å². The monoisotopic (exact) mass is 656 g/mol. The van der Waals surface area contributed by atoms with Crippen LogP contribution in [0.5, 0.6) is 11.8 Å². The molecule has 1 aliphatic carbocycles. The molecule has 0 spiro atoms. The Labute approximate surface area is 275 Å². The van der Waals surface area contributed by atoms with Crippen LogP contribution in [0.15, 0.2) is 30.3 Å². The number of rotatable bonds is 8. The first-order chi connectivity index (χ1) is 23.2. The highest BCUT2D eigenvalue weighted by Crippen LogP contribution is 2.48. The summed E-state index contributed by atoms with van der Waals surface area (Å²) in [5.74, 6) is 0.530. The highest BCUT2D eigenvalue weighted by Gasteiger charge is 2.45. The van der Waals surface area contributed by atoms with E-state index in [4.69, 9.17) is 20.9 Å². The molecule has 3 aliphatic heterocycles. The topological polar surface area (TPSA) is 126 Å². The number of ether oxygens (including phenoxy) is 2. The van der Waals surface area contributed by atoms with Crippen LogP contribution in [0.2, 0.25) is 0 Å². The second-order valence-corrected chi connectivity index (χ2v) is 13.4.